The van der Waals surface area contributed by atoms with Crippen LogP contribution in [0.4, 0.5) is 4.39 Å². The van der Waals surface area contributed by atoms with Crippen LogP contribution in [0, 0.1) is 12.7 Å². The van der Waals surface area contributed by atoms with Crippen molar-refractivity contribution in [2.75, 3.05) is 0 Å². The molecule has 0 atom stereocenters. The van der Waals surface area contributed by atoms with Crippen LogP contribution in [0.1, 0.15) is 21.5 Å². The van der Waals surface area contributed by atoms with E-state index in [-0.39, 0.29) is 18.0 Å². The van der Waals surface area contributed by atoms with Crippen LogP contribution in [0.5, 0.6) is 0 Å². The highest BCUT2D eigenvalue weighted by molar-refractivity contribution is 6.31. The van der Waals surface area contributed by atoms with Crippen LogP contribution in [0.15, 0.2) is 42.5 Å². The predicted molar refractivity (Wildman–Crippen MR) is 70.6 cm³/mol. The van der Waals surface area contributed by atoms with Gasteiger partial charge in [-0.05, 0) is 42.3 Å². The molecule has 0 aliphatic carbocycles. The van der Waals surface area contributed by atoms with Crippen molar-refractivity contribution in [1.29, 1.82) is 0 Å². The maximum Gasteiger partial charge on any atom is 0.167 e. The largest absolute Gasteiger partial charge is 0.294 e. The molecule has 0 radical (unpaired) electrons. The van der Waals surface area contributed by atoms with Gasteiger partial charge >= 0.3 is 0 Å². The third kappa shape index (κ3) is 2.96. The lowest BCUT2D eigenvalue weighted by molar-refractivity contribution is 0.0992. The van der Waals surface area contributed by atoms with Gasteiger partial charge in [0.25, 0.3) is 0 Å². The number of carbonyl (C=O) groups is 1. The second-order valence-corrected chi connectivity index (χ2v) is 4.62. The van der Waals surface area contributed by atoms with E-state index >= 15 is 0 Å². The van der Waals surface area contributed by atoms with Gasteiger partial charge in [0.1, 0.15) is 5.82 Å². The molecular weight excluding hydrogens is 251 g/mol. The van der Waals surface area contributed by atoms with Crippen LogP contribution in [0.2, 0.25) is 5.02 Å². The van der Waals surface area contributed by atoms with Crippen LogP contribution < -0.4 is 0 Å². The summed E-state index contributed by atoms with van der Waals surface area (Å²) in [5.41, 5.74) is 2.19. The highest BCUT2D eigenvalue weighted by Crippen LogP contribution is 2.16. The first kappa shape index (κ1) is 12.8. The van der Waals surface area contributed by atoms with Gasteiger partial charge in [-0.2, -0.15) is 0 Å². The molecule has 0 bridgehead atoms. The molecule has 2 rings (SSSR count). The first-order chi connectivity index (χ1) is 8.56. The van der Waals surface area contributed by atoms with E-state index in [1.807, 2.05) is 0 Å². The van der Waals surface area contributed by atoms with E-state index in [0.717, 1.165) is 11.1 Å². The average Bonchev–Trinajstić information content (AvgIpc) is 2.32. The van der Waals surface area contributed by atoms with E-state index < -0.39 is 0 Å². The average molecular weight is 263 g/mol. The Balaban J connectivity index is 2.21. The molecule has 0 saturated carbocycles. The summed E-state index contributed by atoms with van der Waals surface area (Å²) in [6, 6.07) is 11.3. The van der Waals surface area contributed by atoms with Crippen molar-refractivity contribution < 1.29 is 9.18 Å². The van der Waals surface area contributed by atoms with E-state index in [0.29, 0.717) is 10.6 Å². The van der Waals surface area contributed by atoms with Crippen molar-refractivity contribution in [3.05, 3.63) is 70.0 Å². The molecule has 2 aromatic rings. The zero-order valence-electron chi connectivity index (χ0n) is 9.91. The Morgan fingerprint density at radius 1 is 1.22 bits per heavy atom. The van der Waals surface area contributed by atoms with E-state index in [2.05, 4.69) is 0 Å². The van der Waals surface area contributed by atoms with Crippen LogP contribution in [-0.4, -0.2) is 5.78 Å². The minimum absolute atomic E-state index is 0.0211. The van der Waals surface area contributed by atoms with Gasteiger partial charge in [-0.3, -0.25) is 4.79 Å². The van der Waals surface area contributed by atoms with Crippen LogP contribution in [-0.2, 0) is 6.42 Å². The van der Waals surface area contributed by atoms with Gasteiger partial charge in [-0.25, -0.2) is 4.39 Å². The summed E-state index contributed by atoms with van der Waals surface area (Å²) >= 11 is 5.84. The molecule has 0 saturated heterocycles. The summed E-state index contributed by atoms with van der Waals surface area (Å²) in [4.78, 5) is 12.1. The predicted octanol–water partition coefficient (Wildman–Crippen LogP) is 4.21. The summed E-state index contributed by atoms with van der Waals surface area (Å²) in [5, 5.41) is 0.539. The molecule has 92 valence electrons. The van der Waals surface area contributed by atoms with Gasteiger partial charge in [-0.15, -0.1) is 0 Å². The second kappa shape index (κ2) is 5.32. The maximum atomic E-state index is 13.0. The van der Waals surface area contributed by atoms with Crippen molar-refractivity contribution in [3.63, 3.8) is 0 Å². The Labute approximate surface area is 110 Å². The first-order valence-corrected chi connectivity index (χ1v) is 5.98. The molecular formula is C15H12ClFO. The Kier molecular flexibility index (Phi) is 3.78. The Morgan fingerprint density at radius 3 is 2.67 bits per heavy atom. The van der Waals surface area contributed by atoms with E-state index in [1.165, 1.54) is 12.1 Å². The molecule has 0 aromatic heterocycles. The minimum Gasteiger partial charge on any atom is -0.294 e. The van der Waals surface area contributed by atoms with Gasteiger partial charge in [0.2, 0.25) is 0 Å². The lowest BCUT2D eigenvalue weighted by Gasteiger charge is -2.05. The Hall–Kier alpha value is -1.67. The molecule has 0 aliphatic rings. The smallest absolute Gasteiger partial charge is 0.167 e. The number of hydrogen-bond donors (Lipinski definition) is 0. The number of rotatable bonds is 3. The fourth-order valence-corrected chi connectivity index (χ4v) is 1.98. The lowest BCUT2D eigenvalue weighted by atomic mass is 9.99. The van der Waals surface area contributed by atoms with E-state index in [4.69, 9.17) is 11.6 Å². The highest BCUT2D eigenvalue weighted by Gasteiger charge is 2.09. The zero-order valence-corrected chi connectivity index (χ0v) is 10.7. The van der Waals surface area contributed by atoms with Crippen LogP contribution >= 0.6 is 11.6 Å². The summed E-state index contributed by atoms with van der Waals surface area (Å²) < 4.78 is 13.0. The standard InChI is InChI=1S/C15H12ClFO/c1-10-7-14(17)6-5-11(10)9-15(18)12-3-2-4-13(16)8-12/h2-8H,9H2,1H3. The van der Waals surface area contributed by atoms with E-state index in [9.17, 15) is 9.18 Å². The molecule has 0 fully saturated rings. The highest BCUT2D eigenvalue weighted by atomic mass is 35.5. The van der Waals surface area contributed by atoms with E-state index in [1.54, 1.807) is 37.3 Å². The molecule has 0 heterocycles. The quantitative estimate of drug-likeness (QED) is 0.757. The third-order valence-electron chi connectivity index (χ3n) is 2.80. The van der Waals surface area contributed by atoms with Gasteiger partial charge < -0.3 is 0 Å². The number of ketones is 1. The number of Topliss-reactive ketones (excluding diaryl/α,β-unsaturated/α-hetero) is 1. The summed E-state index contributed by atoms with van der Waals surface area (Å²) in [6.07, 6.45) is 0.256. The van der Waals surface area contributed by atoms with Gasteiger partial charge in [0, 0.05) is 17.0 Å². The summed E-state index contributed by atoms with van der Waals surface area (Å²) in [7, 11) is 0. The summed E-state index contributed by atoms with van der Waals surface area (Å²) in [6.45, 7) is 1.80. The molecule has 0 N–H and O–H groups in total. The molecule has 1 nitrogen and oxygen atoms in total. The van der Waals surface area contributed by atoms with Crippen molar-refractivity contribution in [2.24, 2.45) is 0 Å². The van der Waals surface area contributed by atoms with Gasteiger partial charge in [0.05, 0.1) is 0 Å². The van der Waals surface area contributed by atoms with Crippen molar-refractivity contribution in [1.82, 2.24) is 0 Å². The molecule has 18 heavy (non-hydrogen) atoms. The molecule has 0 unspecified atom stereocenters. The van der Waals surface area contributed by atoms with Gasteiger partial charge in [0.15, 0.2) is 5.78 Å². The topological polar surface area (TPSA) is 17.1 Å². The lowest BCUT2D eigenvalue weighted by Crippen LogP contribution is -2.05. The molecule has 2 aromatic carbocycles. The normalized spacial score (nSPS) is 10.4. The number of aryl methyl sites for hydroxylation is 1. The fraction of sp³-hybridized carbons (Fsp3) is 0.133. The number of hydrogen-bond acceptors (Lipinski definition) is 1. The SMILES string of the molecule is Cc1cc(F)ccc1CC(=O)c1cccc(Cl)c1. The number of benzene rings is 2. The number of halogens is 2. The third-order valence-corrected chi connectivity index (χ3v) is 3.04. The first-order valence-electron chi connectivity index (χ1n) is 5.60. The maximum absolute atomic E-state index is 13.0. The van der Waals surface area contributed by atoms with Crippen molar-refractivity contribution in [3.8, 4) is 0 Å². The fourth-order valence-electron chi connectivity index (χ4n) is 1.79. The van der Waals surface area contributed by atoms with Crippen LogP contribution in [0.25, 0.3) is 0 Å². The Morgan fingerprint density at radius 2 is 2.00 bits per heavy atom. The number of carbonyl (C=O) groups excluding carboxylic acids is 1. The Bertz CT molecular complexity index is 593. The van der Waals surface area contributed by atoms with Crippen molar-refractivity contribution >= 4 is 17.4 Å². The monoisotopic (exact) mass is 262 g/mol. The molecule has 3 heteroatoms. The van der Waals surface area contributed by atoms with Crippen molar-refractivity contribution in [2.45, 2.75) is 13.3 Å². The molecule has 0 aliphatic heterocycles. The van der Waals surface area contributed by atoms with Gasteiger partial charge in [-0.1, -0.05) is 29.8 Å². The molecule has 0 amide bonds. The summed E-state index contributed by atoms with van der Waals surface area (Å²) in [5.74, 6) is -0.307. The second-order valence-electron chi connectivity index (χ2n) is 4.18. The van der Waals surface area contributed by atoms with Crippen LogP contribution in [0.3, 0.4) is 0 Å². The molecule has 0 spiro atoms. The minimum atomic E-state index is -0.286. The zero-order chi connectivity index (χ0) is 13.1.